The van der Waals surface area contributed by atoms with Gasteiger partial charge in [0, 0.05) is 18.2 Å². The number of nitrogens with zero attached hydrogens (tertiary/aromatic N) is 1. The van der Waals surface area contributed by atoms with Crippen LogP contribution in [0.15, 0.2) is 24.3 Å². The number of esters is 1. The topological polar surface area (TPSA) is 81.5 Å². The summed E-state index contributed by atoms with van der Waals surface area (Å²) in [6, 6.07) is 5.69. The van der Waals surface area contributed by atoms with Gasteiger partial charge in [-0.25, -0.2) is 0 Å². The van der Waals surface area contributed by atoms with Crippen LogP contribution >= 0.6 is 0 Å². The Balaban J connectivity index is 2.69. The van der Waals surface area contributed by atoms with Crippen molar-refractivity contribution in [1.29, 1.82) is 0 Å². The molecule has 0 heterocycles. The molecule has 98 valence electrons. The highest BCUT2D eigenvalue weighted by Crippen LogP contribution is 2.17. The van der Waals surface area contributed by atoms with Gasteiger partial charge in [-0.15, -0.1) is 0 Å². The largest absolute Gasteiger partial charge is 0.468 e. The zero-order valence-electron chi connectivity index (χ0n) is 10.5. The van der Waals surface area contributed by atoms with Crippen LogP contribution in [0.4, 0.5) is 5.69 Å². The number of rotatable bonds is 5. The van der Waals surface area contributed by atoms with E-state index in [0.29, 0.717) is 0 Å². The molecule has 0 spiro atoms. The molecule has 2 unspecified atom stereocenters. The van der Waals surface area contributed by atoms with E-state index < -0.39 is 11.0 Å². The number of carbonyl (C=O) groups excluding carboxylic acids is 1. The van der Waals surface area contributed by atoms with Crippen LogP contribution in [-0.2, 0) is 9.53 Å². The van der Waals surface area contributed by atoms with Gasteiger partial charge >= 0.3 is 5.97 Å². The lowest BCUT2D eigenvalue weighted by molar-refractivity contribution is -0.384. The summed E-state index contributed by atoms with van der Waals surface area (Å²) >= 11 is 0. The Hall–Kier alpha value is -1.95. The molecular weight excluding hydrogens is 236 g/mol. The van der Waals surface area contributed by atoms with Crippen LogP contribution < -0.4 is 5.32 Å². The highest BCUT2D eigenvalue weighted by atomic mass is 16.6. The molecule has 1 N–H and O–H groups in total. The van der Waals surface area contributed by atoms with Gasteiger partial charge in [0.2, 0.25) is 0 Å². The standard InChI is InChI=1S/C12H16N2O4/c1-8(13-9(2)12(15)18-3)10-4-6-11(7-5-10)14(16)17/h4-9,13H,1-3H3. The second-order valence-electron chi connectivity index (χ2n) is 3.98. The van der Waals surface area contributed by atoms with Crippen LogP contribution in [0.25, 0.3) is 0 Å². The van der Waals surface area contributed by atoms with Gasteiger partial charge < -0.3 is 4.74 Å². The number of hydrogen-bond acceptors (Lipinski definition) is 5. The Morgan fingerprint density at radius 1 is 1.33 bits per heavy atom. The Morgan fingerprint density at radius 2 is 1.89 bits per heavy atom. The molecule has 0 aromatic heterocycles. The van der Waals surface area contributed by atoms with Crippen LogP contribution in [-0.4, -0.2) is 24.0 Å². The van der Waals surface area contributed by atoms with Gasteiger partial charge in [0.05, 0.1) is 12.0 Å². The summed E-state index contributed by atoms with van der Waals surface area (Å²) < 4.78 is 4.61. The van der Waals surface area contributed by atoms with Crippen LogP contribution in [0.5, 0.6) is 0 Å². The number of benzene rings is 1. The first kappa shape index (κ1) is 14.1. The van der Waals surface area contributed by atoms with Gasteiger partial charge in [-0.3, -0.25) is 20.2 Å². The molecule has 0 fully saturated rings. The summed E-state index contributed by atoms with van der Waals surface area (Å²) in [6.45, 7) is 3.58. The first-order chi connectivity index (χ1) is 8.45. The molecule has 0 aliphatic carbocycles. The average molecular weight is 252 g/mol. The Kier molecular flexibility index (Phi) is 4.79. The van der Waals surface area contributed by atoms with Crippen molar-refractivity contribution in [2.75, 3.05) is 7.11 Å². The maximum Gasteiger partial charge on any atom is 0.322 e. The zero-order valence-corrected chi connectivity index (χ0v) is 10.5. The van der Waals surface area contributed by atoms with E-state index in [4.69, 9.17) is 0 Å². The number of nitro benzene ring substituents is 1. The van der Waals surface area contributed by atoms with Crippen molar-refractivity contribution in [2.45, 2.75) is 25.9 Å². The van der Waals surface area contributed by atoms with E-state index in [1.807, 2.05) is 6.92 Å². The van der Waals surface area contributed by atoms with Gasteiger partial charge in [-0.2, -0.15) is 0 Å². The van der Waals surface area contributed by atoms with E-state index in [0.717, 1.165) is 5.56 Å². The minimum absolute atomic E-state index is 0.0481. The highest BCUT2D eigenvalue weighted by Gasteiger charge is 2.16. The smallest absolute Gasteiger partial charge is 0.322 e. The first-order valence-electron chi connectivity index (χ1n) is 5.54. The number of ether oxygens (including phenoxy) is 1. The van der Waals surface area contributed by atoms with Crippen LogP contribution in [0.3, 0.4) is 0 Å². The van der Waals surface area contributed by atoms with Gasteiger partial charge in [0.1, 0.15) is 6.04 Å². The predicted molar refractivity (Wildman–Crippen MR) is 66.1 cm³/mol. The molecule has 6 nitrogen and oxygen atoms in total. The number of carbonyl (C=O) groups is 1. The van der Waals surface area contributed by atoms with Crippen molar-refractivity contribution in [2.24, 2.45) is 0 Å². The van der Waals surface area contributed by atoms with Crippen molar-refractivity contribution in [3.63, 3.8) is 0 Å². The quantitative estimate of drug-likeness (QED) is 0.491. The van der Waals surface area contributed by atoms with Gasteiger partial charge in [0.25, 0.3) is 5.69 Å². The summed E-state index contributed by atoms with van der Waals surface area (Å²) in [7, 11) is 1.33. The molecule has 0 aliphatic heterocycles. The highest BCUT2D eigenvalue weighted by molar-refractivity contribution is 5.75. The monoisotopic (exact) mass is 252 g/mol. The lowest BCUT2D eigenvalue weighted by Crippen LogP contribution is -2.36. The van der Waals surface area contributed by atoms with Crippen LogP contribution in [0.2, 0.25) is 0 Å². The number of methoxy groups -OCH3 is 1. The van der Waals surface area contributed by atoms with E-state index >= 15 is 0 Å². The van der Waals surface area contributed by atoms with Gasteiger partial charge in [0.15, 0.2) is 0 Å². The molecule has 1 aromatic rings. The van der Waals surface area contributed by atoms with Crippen LogP contribution in [0, 0.1) is 10.1 Å². The van der Waals surface area contributed by atoms with Crippen molar-refractivity contribution in [3.05, 3.63) is 39.9 Å². The summed E-state index contributed by atoms with van der Waals surface area (Å²) in [4.78, 5) is 21.3. The molecule has 2 atom stereocenters. The number of nitro groups is 1. The lowest BCUT2D eigenvalue weighted by atomic mass is 10.1. The van der Waals surface area contributed by atoms with Crippen molar-refractivity contribution < 1.29 is 14.5 Å². The number of hydrogen-bond donors (Lipinski definition) is 1. The number of non-ortho nitro benzene ring substituents is 1. The van der Waals surface area contributed by atoms with E-state index in [1.165, 1.54) is 19.2 Å². The third kappa shape index (κ3) is 3.53. The Bertz CT molecular complexity index is 430. The molecule has 0 amide bonds. The second kappa shape index (κ2) is 6.11. The van der Waals surface area contributed by atoms with Gasteiger partial charge in [-0.1, -0.05) is 12.1 Å². The number of nitrogens with one attached hydrogen (secondary N) is 1. The molecule has 0 saturated carbocycles. The molecule has 1 aromatic carbocycles. The summed E-state index contributed by atoms with van der Waals surface area (Å²) in [6.07, 6.45) is 0. The summed E-state index contributed by atoms with van der Waals surface area (Å²) in [5.41, 5.74) is 0.920. The fourth-order valence-corrected chi connectivity index (χ4v) is 1.60. The maximum absolute atomic E-state index is 11.2. The van der Waals surface area contributed by atoms with E-state index in [2.05, 4.69) is 10.1 Å². The fourth-order valence-electron chi connectivity index (χ4n) is 1.60. The van der Waals surface area contributed by atoms with E-state index in [9.17, 15) is 14.9 Å². The molecule has 0 bridgehead atoms. The molecule has 18 heavy (non-hydrogen) atoms. The fraction of sp³-hybridized carbons (Fsp3) is 0.417. The molecule has 6 heteroatoms. The minimum Gasteiger partial charge on any atom is -0.468 e. The molecule has 0 aliphatic rings. The third-order valence-corrected chi connectivity index (χ3v) is 2.66. The van der Waals surface area contributed by atoms with Crippen LogP contribution in [0.1, 0.15) is 25.5 Å². The summed E-state index contributed by atoms with van der Waals surface area (Å²) in [5.74, 6) is -0.344. The lowest BCUT2D eigenvalue weighted by Gasteiger charge is -2.18. The van der Waals surface area contributed by atoms with Crippen molar-refractivity contribution in [3.8, 4) is 0 Å². The normalized spacial score (nSPS) is 13.7. The SMILES string of the molecule is COC(=O)C(C)NC(C)c1ccc([N+](=O)[O-])cc1. The first-order valence-corrected chi connectivity index (χ1v) is 5.54. The minimum atomic E-state index is -0.445. The maximum atomic E-state index is 11.2. The van der Waals surface area contributed by atoms with Gasteiger partial charge in [-0.05, 0) is 19.4 Å². The second-order valence-corrected chi connectivity index (χ2v) is 3.98. The Labute approximate surface area is 105 Å². The van der Waals surface area contributed by atoms with Crippen molar-refractivity contribution >= 4 is 11.7 Å². The molecule has 1 rings (SSSR count). The molecule has 0 saturated heterocycles. The average Bonchev–Trinajstić information content (AvgIpc) is 2.37. The zero-order chi connectivity index (χ0) is 13.7. The van der Waals surface area contributed by atoms with E-state index in [-0.39, 0.29) is 17.7 Å². The molecular formula is C12H16N2O4. The molecule has 0 radical (unpaired) electrons. The predicted octanol–water partition coefficient (Wildman–Crippen LogP) is 1.81. The Morgan fingerprint density at radius 3 is 2.33 bits per heavy atom. The summed E-state index contributed by atoms with van der Waals surface area (Å²) in [5, 5.41) is 13.6. The third-order valence-electron chi connectivity index (χ3n) is 2.66. The van der Waals surface area contributed by atoms with E-state index in [1.54, 1.807) is 19.1 Å². The van der Waals surface area contributed by atoms with Crippen molar-refractivity contribution in [1.82, 2.24) is 5.32 Å².